The largest absolute Gasteiger partial charge is 0.501 e. The highest BCUT2D eigenvalue weighted by Gasteiger charge is 2.11. The van der Waals surface area contributed by atoms with Crippen LogP contribution in [-0.4, -0.2) is 43.5 Å². The number of nitrogens with zero attached hydrogens (tertiary/aromatic N) is 1. The molecule has 5 heteroatoms. The first-order chi connectivity index (χ1) is 11.6. The Morgan fingerprint density at radius 3 is 2.67 bits per heavy atom. The van der Waals surface area contributed by atoms with Crippen LogP contribution in [0.4, 0.5) is 0 Å². The van der Waals surface area contributed by atoms with E-state index in [0.717, 1.165) is 18.6 Å². The molecule has 0 aliphatic rings. The van der Waals surface area contributed by atoms with Gasteiger partial charge in [-0.25, -0.2) is 0 Å². The maximum atomic E-state index is 12.0. The summed E-state index contributed by atoms with van der Waals surface area (Å²) in [4.78, 5) is 24.5. The second kappa shape index (κ2) is 14.3. The van der Waals surface area contributed by atoms with Gasteiger partial charge in [-0.2, -0.15) is 0 Å². The van der Waals surface area contributed by atoms with Crippen molar-refractivity contribution < 1.29 is 14.3 Å². The maximum absolute atomic E-state index is 12.0. The summed E-state index contributed by atoms with van der Waals surface area (Å²) in [6.45, 7) is 8.03. The van der Waals surface area contributed by atoms with Gasteiger partial charge in [0.25, 0.3) is 0 Å². The molecule has 0 aromatic carbocycles. The van der Waals surface area contributed by atoms with E-state index < -0.39 is 0 Å². The van der Waals surface area contributed by atoms with Gasteiger partial charge in [0.15, 0.2) is 0 Å². The van der Waals surface area contributed by atoms with E-state index in [-0.39, 0.29) is 18.5 Å². The van der Waals surface area contributed by atoms with Crippen LogP contribution in [0.15, 0.2) is 48.8 Å². The zero-order valence-corrected chi connectivity index (χ0v) is 15.0. The Balaban J connectivity index is 4.12. The highest BCUT2D eigenvalue weighted by molar-refractivity contribution is 5.80. The van der Waals surface area contributed by atoms with Crippen LogP contribution in [-0.2, 0) is 14.3 Å². The zero-order valence-electron chi connectivity index (χ0n) is 15.0. The summed E-state index contributed by atoms with van der Waals surface area (Å²) in [5, 5.41) is 2.90. The lowest BCUT2D eigenvalue weighted by Crippen LogP contribution is -2.41. The van der Waals surface area contributed by atoms with Gasteiger partial charge in [0.2, 0.25) is 12.3 Å². The first-order valence-electron chi connectivity index (χ1n) is 8.19. The van der Waals surface area contributed by atoms with E-state index >= 15 is 0 Å². The van der Waals surface area contributed by atoms with Crippen LogP contribution >= 0.6 is 0 Å². The molecular formula is C19H30N2O3. The Hall–Kier alpha value is -2.30. The molecule has 0 aliphatic heterocycles. The highest BCUT2D eigenvalue weighted by Crippen LogP contribution is 2.07. The molecule has 2 amide bonds. The van der Waals surface area contributed by atoms with Gasteiger partial charge < -0.3 is 15.0 Å². The predicted octanol–water partition coefficient (Wildman–Crippen LogP) is 2.97. The van der Waals surface area contributed by atoms with Crippen molar-refractivity contribution in [2.24, 2.45) is 0 Å². The lowest BCUT2D eigenvalue weighted by atomic mass is 10.1. The summed E-state index contributed by atoms with van der Waals surface area (Å²) in [5.41, 5.74) is 0. The predicted molar refractivity (Wildman–Crippen MR) is 98.3 cm³/mol. The molecule has 0 heterocycles. The Morgan fingerprint density at radius 1 is 1.33 bits per heavy atom. The molecule has 0 aliphatic carbocycles. The van der Waals surface area contributed by atoms with Crippen LogP contribution in [0.5, 0.6) is 0 Å². The second-order valence-corrected chi connectivity index (χ2v) is 5.38. The van der Waals surface area contributed by atoms with Gasteiger partial charge in [-0.05, 0) is 32.8 Å². The van der Waals surface area contributed by atoms with Gasteiger partial charge in [-0.15, -0.1) is 0 Å². The Labute approximate surface area is 145 Å². The van der Waals surface area contributed by atoms with E-state index in [0.29, 0.717) is 19.4 Å². The van der Waals surface area contributed by atoms with E-state index in [1.165, 1.54) is 4.90 Å². The molecule has 0 spiro atoms. The molecule has 0 aromatic heterocycles. The number of methoxy groups -OCH3 is 1. The van der Waals surface area contributed by atoms with Gasteiger partial charge in [-0.3, -0.25) is 9.59 Å². The molecule has 0 saturated heterocycles. The third-order valence-corrected chi connectivity index (χ3v) is 3.39. The number of allylic oxidation sites excluding steroid dienone is 6. The molecule has 0 fully saturated rings. The van der Waals surface area contributed by atoms with E-state index in [9.17, 15) is 9.59 Å². The van der Waals surface area contributed by atoms with Crippen molar-refractivity contribution in [2.45, 2.75) is 39.2 Å². The van der Waals surface area contributed by atoms with Crippen LogP contribution in [0.25, 0.3) is 0 Å². The van der Waals surface area contributed by atoms with Crippen molar-refractivity contribution >= 4 is 12.3 Å². The molecule has 5 nitrogen and oxygen atoms in total. The van der Waals surface area contributed by atoms with Gasteiger partial charge >= 0.3 is 0 Å². The fourth-order valence-electron chi connectivity index (χ4n) is 2.03. The highest BCUT2D eigenvalue weighted by atomic mass is 16.5. The Kier molecular flexibility index (Phi) is 12.9. The second-order valence-electron chi connectivity index (χ2n) is 5.38. The van der Waals surface area contributed by atoms with E-state index in [1.807, 2.05) is 44.2 Å². The number of nitrogens with one attached hydrogen (secondary N) is 1. The van der Waals surface area contributed by atoms with Crippen LogP contribution in [0.3, 0.4) is 0 Å². The smallest absolute Gasteiger partial charge is 0.239 e. The molecule has 1 atom stereocenters. The molecule has 0 bridgehead atoms. The molecule has 0 rings (SSSR count). The number of carbonyl (C=O) groups is 2. The van der Waals surface area contributed by atoms with Crippen molar-refractivity contribution in [3.05, 3.63) is 48.8 Å². The standard InChI is InChI=1S/C19H30N2O3/c1-5-7-8-9-10-11-14-21(16-22)15-19(23)20-17(3)12-13-18(6-2)24-4/h5-10,16-17H,1,11-15H2,2-4H3,(H,20,23)/b8-7-,10-9-,18-6+. The third-order valence-electron chi connectivity index (χ3n) is 3.39. The molecule has 24 heavy (non-hydrogen) atoms. The number of hydrogen-bond acceptors (Lipinski definition) is 3. The van der Waals surface area contributed by atoms with Gasteiger partial charge in [0.05, 0.1) is 19.4 Å². The van der Waals surface area contributed by atoms with Gasteiger partial charge in [0, 0.05) is 19.0 Å². The molecule has 134 valence electrons. The zero-order chi connectivity index (χ0) is 18.2. The fourth-order valence-corrected chi connectivity index (χ4v) is 2.03. The fraction of sp³-hybridized carbons (Fsp3) is 0.474. The monoisotopic (exact) mass is 334 g/mol. The summed E-state index contributed by atoms with van der Waals surface area (Å²) in [7, 11) is 1.64. The van der Waals surface area contributed by atoms with Crippen molar-refractivity contribution in [3.8, 4) is 0 Å². The number of hydrogen-bond donors (Lipinski definition) is 1. The molecule has 1 N–H and O–H groups in total. The van der Waals surface area contributed by atoms with Crippen LogP contribution in [0.2, 0.25) is 0 Å². The first kappa shape index (κ1) is 21.7. The Morgan fingerprint density at radius 2 is 2.08 bits per heavy atom. The Bertz CT molecular complexity index is 467. The SMILES string of the molecule is C=C/C=C\C=C/CCN(C=O)CC(=O)NC(C)CC/C(=C\C)OC. The summed E-state index contributed by atoms with van der Waals surface area (Å²) in [6.07, 6.45) is 14.1. The minimum atomic E-state index is -0.149. The average molecular weight is 334 g/mol. The first-order valence-corrected chi connectivity index (χ1v) is 8.19. The minimum absolute atomic E-state index is 0.0278. The quantitative estimate of drug-likeness (QED) is 0.320. The summed E-state index contributed by atoms with van der Waals surface area (Å²) >= 11 is 0. The van der Waals surface area contributed by atoms with E-state index in [1.54, 1.807) is 13.2 Å². The molecule has 1 unspecified atom stereocenters. The van der Waals surface area contributed by atoms with Crippen molar-refractivity contribution in [1.82, 2.24) is 10.2 Å². The summed E-state index contributed by atoms with van der Waals surface area (Å²) in [5.74, 6) is 0.757. The number of rotatable bonds is 13. The summed E-state index contributed by atoms with van der Waals surface area (Å²) in [6, 6.07) is 0.0278. The van der Waals surface area contributed by atoms with Crippen LogP contribution < -0.4 is 5.32 Å². The van der Waals surface area contributed by atoms with Gasteiger partial charge in [-0.1, -0.05) is 37.0 Å². The maximum Gasteiger partial charge on any atom is 0.239 e. The molecule has 0 aromatic rings. The lowest BCUT2D eigenvalue weighted by Gasteiger charge is -2.19. The number of ether oxygens (including phenoxy) is 1. The van der Waals surface area contributed by atoms with Crippen LogP contribution in [0.1, 0.15) is 33.1 Å². The normalized spacial score (nSPS) is 13.0. The van der Waals surface area contributed by atoms with E-state index in [2.05, 4.69) is 11.9 Å². The molecule has 0 saturated carbocycles. The number of carbonyl (C=O) groups excluding carboxylic acids is 2. The average Bonchev–Trinajstić information content (AvgIpc) is 2.57. The van der Waals surface area contributed by atoms with E-state index in [4.69, 9.17) is 4.74 Å². The lowest BCUT2D eigenvalue weighted by molar-refractivity contribution is -0.128. The number of amides is 2. The molecular weight excluding hydrogens is 304 g/mol. The van der Waals surface area contributed by atoms with Gasteiger partial charge in [0.1, 0.15) is 0 Å². The van der Waals surface area contributed by atoms with Crippen molar-refractivity contribution in [2.75, 3.05) is 20.2 Å². The minimum Gasteiger partial charge on any atom is -0.501 e. The van der Waals surface area contributed by atoms with Crippen molar-refractivity contribution in [1.29, 1.82) is 0 Å². The van der Waals surface area contributed by atoms with Crippen molar-refractivity contribution in [3.63, 3.8) is 0 Å². The summed E-state index contributed by atoms with van der Waals surface area (Å²) < 4.78 is 5.19. The third kappa shape index (κ3) is 11.3. The van der Waals surface area contributed by atoms with Crippen LogP contribution in [0, 0.1) is 0 Å². The molecule has 0 radical (unpaired) electrons. The topological polar surface area (TPSA) is 58.6 Å².